The number of fused-ring (bicyclic) bond motifs is 3. The molecule has 136 valence electrons. The maximum atomic E-state index is 13.9. The van der Waals surface area contributed by atoms with Crippen molar-refractivity contribution >= 4 is 33.9 Å². The third-order valence-electron chi connectivity index (χ3n) is 5.50. The van der Waals surface area contributed by atoms with Crippen LogP contribution in [0.15, 0.2) is 41.4 Å². The number of aromatic amines is 1. The molecule has 0 radical (unpaired) electrons. The van der Waals surface area contributed by atoms with Gasteiger partial charge in [-0.3, -0.25) is 4.79 Å². The SMILES string of the molecule is Cc1cc2cc(N3CC[C@@]4(O)C(=O)c5cc(F)c(C)cc5N=C34)ccc2[nH]1. The Morgan fingerprint density at radius 2 is 2.04 bits per heavy atom. The number of benzene rings is 2. The first kappa shape index (κ1) is 16.2. The van der Waals surface area contributed by atoms with E-state index < -0.39 is 17.2 Å². The molecule has 0 bridgehead atoms. The van der Waals surface area contributed by atoms with Crippen LogP contribution < -0.4 is 4.90 Å². The molecule has 5 nitrogen and oxygen atoms in total. The Hall–Kier alpha value is -2.99. The van der Waals surface area contributed by atoms with Crippen molar-refractivity contribution in [2.75, 3.05) is 11.4 Å². The van der Waals surface area contributed by atoms with E-state index in [2.05, 4.69) is 16.0 Å². The third kappa shape index (κ3) is 2.20. The van der Waals surface area contributed by atoms with Gasteiger partial charge in [-0.1, -0.05) is 0 Å². The van der Waals surface area contributed by atoms with Crippen molar-refractivity contribution in [2.45, 2.75) is 25.9 Å². The van der Waals surface area contributed by atoms with Gasteiger partial charge in [0, 0.05) is 40.8 Å². The predicted octanol–water partition coefficient (Wildman–Crippen LogP) is 3.79. The van der Waals surface area contributed by atoms with Gasteiger partial charge in [0.05, 0.1) is 5.69 Å². The topological polar surface area (TPSA) is 68.7 Å². The Balaban J connectivity index is 1.66. The molecule has 2 N–H and O–H groups in total. The Bertz CT molecular complexity index is 1160. The predicted molar refractivity (Wildman–Crippen MR) is 103 cm³/mol. The van der Waals surface area contributed by atoms with E-state index in [9.17, 15) is 14.3 Å². The Kier molecular flexibility index (Phi) is 3.16. The van der Waals surface area contributed by atoms with Crippen LogP contribution in [-0.2, 0) is 0 Å². The van der Waals surface area contributed by atoms with Crippen LogP contribution in [0.4, 0.5) is 15.8 Å². The number of aliphatic imine (C=N–C) groups is 1. The second kappa shape index (κ2) is 5.27. The highest BCUT2D eigenvalue weighted by atomic mass is 19.1. The lowest BCUT2D eigenvalue weighted by atomic mass is 9.87. The lowest BCUT2D eigenvalue weighted by Crippen LogP contribution is -2.48. The van der Waals surface area contributed by atoms with Crippen molar-refractivity contribution in [1.82, 2.24) is 4.98 Å². The number of ketones is 1. The van der Waals surface area contributed by atoms with E-state index in [1.807, 2.05) is 30.0 Å². The summed E-state index contributed by atoms with van der Waals surface area (Å²) in [7, 11) is 0. The lowest BCUT2D eigenvalue weighted by Gasteiger charge is -2.30. The highest BCUT2D eigenvalue weighted by molar-refractivity contribution is 6.28. The van der Waals surface area contributed by atoms with Crippen LogP contribution in [-0.4, -0.2) is 33.9 Å². The fraction of sp³-hybridized carbons (Fsp3) is 0.238. The number of Topliss-reactive ketones (excluding diaryl/α,β-unsaturated/α-hetero) is 1. The van der Waals surface area contributed by atoms with Gasteiger partial charge in [0.15, 0.2) is 5.60 Å². The minimum Gasteiger partial charge on any atom is -0.374 e. The number of carbonyl (C=O) groups is 1. The van der Waals surface area contributed by atoms with Crippen LogP contribution in [0.3, 0.4) is 0 Å². The average molecular weight is 363 g/mol. The molecule has 0 aliphatic carbocycles. The van der Waals surface area contributed by atoms with Crippen molar-refractivity contribution in [3.05, 3.63) is 59.0 Å². The Morgan fingerprint density at radius 1 is 1.22 bits per heavy atom. The number of halogens is 1. The highest BCUT2D eigenvalue weighted by Crippen LogP contribution is 2.40. The molecule has 27 heavy (non-hydrogen) atoms. The minimum absolute atomic E-state index is 0.142. The van der Waals surface area contributed by atoms with E-state index in [0.717, 1.165) is 22.3 Å². The zero-order valence-electron chi connectivity index (χ0n) is 15.0. The van der Waals surface area contributed by atoms with E-state index in [-0.39, 0.29) is 12.0 Å². The number of hydrogen-bond donors (Lipinski definition) is 2. The molecule has 3 heterocycles. The van der Waals surface area contributed by atoms with Crippen LogP contribution >= 0.6 is 0 Å². The number of nitrogens with zero attached hydrogens (tertiary/aromatic N) is 2. The molecule has 6 heteroatoms. The number of hydrogen-bond acceptors (Lipinski definition) is 4. The summed E-state index contributed by atoms with van der Waals surface area (Å²) in [4.78, 5) is 22.7. The Labute approximate surface area is 155 Å². The van der Waals surface area contributed by atoms with E-state index >= 15 is 0 Å². The summed E-state index contributed by atoms with van der Waals surface area (Å²) in [6, 6.07) is 10.7. The first-order chi connectivity index (χ1) is 12.9. The molecular formula is C21H18FN3O2. The summed E-state index contributed by atoms with van der Waals surface area (Å²) in [6.07, 6.45) is 0.226. The number of rotatable bonds is 1. The molecule has 0 unspecified atom stereocenters. The van der Waals surface area contributed by atoms with Gasteiger partial charge in [-0.25, -0.2) is 9.38 Å². The zero-order chi connectivity index (χ0) is 18.9. The largest absolute Gasteiger partial charge is 0.374 e. The number of aryl methyl sites for hydroxylation is 2. The molecule has 1 saturated heterocycles. The molecule has 3 aromatic rings. The summed E-state index contributed by atoms with van der Waals surface area (Å²) >= 11 is 0. The van der Waals surface area contributed by atoms with E-state index in [1.54, 1.807) is 13.0 Å². The standard InChI is InChI=1S/C21H18FN3O2/c1-11-7-18-15(10-16(11)22)19(26)21(27)5-6-25(20(21)24-18)14-3-4-17-13(9-14)8-12(2)23-17/h3-4,7-10,23,27H,5-6H2,1-2H3/t21-/m1/s1. The lowest BCUT2D eigenvalue weighted by molar-refractivity contribution is 0.0601. The second-order valence-electron chi connectivity index (χ2n) is 7.37. The molecule has 0 amide bonds. The minimum atomic E-state index is -1.71. The van der Waals surface area contributed by atoms with E-state index in [0.29, 0.717) is 23.6 Å². The third-order valence-corrected chi connectivity index (χ3v) is 5.50. The maximum absolute atomic E-state index is 13.9. The molecule has 1 fully saturated rings. The molecule has 2 aliphatic rings. The summed E-state index contributed by atoms with van der Waals surface area (Å²) in [6.45, 7) is 4.09. The van der Waals surface area contributed by atoms with Crippen molar-refractivity contribution in [3.8, 4) is 0 Å². The summed E-state index contributed by atoms with van der Waals surface area (Å²) in [5.41, 5.74) is 2.22. The number of amidine groups is 1. The molecule has 1 atom stereocenters. The van der Waals surface area contributed by atoms with Crippen molar-refractivity contribution in [3.63, 3.8) is 0 Å². The van der Waals surface area contributed by atoms with Gasteiger partial charge >= 0.3 is 0 Å². The van der Waals surface area contributed by atoms with Crippen LogP contribution in [0.1, 0.15) is 28.0 Å². The number of nitrogens with one attached hydrogen (secondary N) is 1. The normalized spacial score (nSPS) is 21.4. The van der Waals surface area contributed by atoms with Crippen LogP contribution in [0.2, 0.25) is 0 Å². The van der Waals surface area contributed by atoms with Gasteiger partial charge in [-0.2, -0.15) is 0 Å². The molecule has 2 aromatic carbocycles. The molecular weight excluding hydrogens is 345 g/mol. The fourth-order valence-electron chi connectivity index (χ4n) is 4.04. The Morgan fingerprint density at radius 3 is 2.85 bits per heavy atom. The van der Waals surface area contributed by atoms with Crippen LogP contribution in [0, 0.1) is 19.7 Å². The molecule has 1 aromatic heterocycles. The first-order valence-corrected chi connectivity index (χ1v) is 8.90. The summed E-state index contributed by atoms with van der Waals surface area (Å²) in [5, 5.41) is 12.1. The summed E-state index contributed by atoms with van der Waals surface area (Å²) in [5.74, 6) is -0.632. The summed E-state index contributed by atoms with van der Waals surface area (Å²) < 4.78 is 13.9. The van der Waals surface area contributed by atoms with Crippen molar-refractivity contribution in [2.24, 2.45) is 4.99 Å². The molecule has 5 rings (SSSR count). The molecule has 0 saturated carbocycles. The number of aliphatic hydroxyl groups is 1. The van der Waals surface area contributed by atoms with E-state index in [4.69, 9.17) is 0 Å². The maximum Gasteiger partial charge on any atom is 0.204 e. The quantitative estimate of drug-likeness (QED) is 0.691. The smallest absolute Gasteiger partial charge is 0.204 e. The van der Waals surface area contributed by atoms with Gasteiger partial charge in [-0.15, -0.1) is 0 Å². The van der Waals surface area contributed by atoms with Gasteiger partial charge in [-0.05, 0) is 55.8 Å². The monoisotopic (exact) mass is 363 g/mol. The average Bonchev–Trinajstić information content (AvgIpc) is 3.16. The van der Waals surface area contributed by atoms with Gasteiger partial charge in [0.25, 0.3) is 0 Å². The highest BCUT2D eigenvalue weighted by Gasteiger charge is 2.52. The number of aromatic nitrogens is 1. The number of carbonyl (C=O) groups excluding carboxylic acids is 1. The number of H-pyrrole nitrogens is 1. The van der Waals surface area contributed by atoms with Crippen LogP contribution in [0.25, 0.3) is 10.9 Å². The first-order valence-electron chi connectivity index (χ1n) is 8.90. The fourth-order valence-corrected chi connectivity index (χ4v) is 4.04. The van der Waals surface area contributed by atoms with Gasteiger partial charge in [0.2, 0.25) is 5.78 Å². The van der Waals surface area contributed by atoms with Crippen molar-refractivity contribution < 1.29 is 14.3 Å². The van der Waals surface area contributed by atoms with Gasteiger partial charge < -0.3 is 15.0 Å². The second-order valence-corrected chi connectivity index (χ2v) is 7.37. The van der Waals surface area contributed by atoms with Gasteiger partial charge in [0.1, 0.15) is 11.7 Å². The number of anilines is 1. The van der Waals surface area contributed by atoms with E-state index in [1.165, 1.54) is 6.07 Å². The molecule has 2 aliphatic heterocycles. The van der Waals surface area contributed by atoms with Crippen LogP contribution in [0.5, 0.6) is 0 Å². The van der Waals surface area contributed by atoms with Crippen molar-refractivity contribution in [1.29, 1.82) is 0 Å². The molecule has 0 spiro atoms. The zero-order valence-corrected chi connectivity index (χ0v) is 15.0.